The normalized spacial score (nSPS) is 11.4. The van der Waals surface area contributed by atoms with Crippen LogP contribution in [0.25, 0.3) is 0 Å². The summed E-state index contributed by atoms with van der Waals surface area (Å²) in [5, 5.41) is 9.94. The van der Waals surface area contributed by atoms with Crippen molar-refractivity contribution in [2.45, 2.75) is 6.18 Å². The van der Waals surface area contributed by atoms with Gasteiger partial charge in [0.15, 0.2) is 0 Å². The Morgan fingerprint density at radius 1 is 1.42 bits per heavy atom. The highest BCUT2D eigenvalue weighted by atomic mass is 79.9. The highest BCUT2D eigenvalue weighted by molar-refractivity contribution is 9.09. The monoisotopic (exact) mass is 359 g/mol. The molecule has 0 fully saturated rings. The summed E-state index contributed by atoms with van der Waals surface area (Å²) in [5.41, 5.74) is -0.213. The zero-order valence-corrected chi connectivity index (χ0v) is 11.9. The number of phenolic OH excluding ortho intramolecular Hbond substituents is 1. The minimum Gasteiger partial charge on any atom is -0.507 e. The summed E-state index contributed by atoms with van der Waals surface area (Å²) in [6.07, 6.45) is -4.50. The quantitative estimate of drug-likeness (QED) is 0.836. The average Bonchev–Trinajstić information content (AvgIpc) is 2.26. The van der Waals surface area contributed by atoms with Crippen LogP contribution < -0.4 is 0 Å². The molecule has 0 aliphatic carbocycles. The molecule has 0 aromatic heterocycles. The number of benzene rings is 1. The van der Waals surface area contributed by atoms with Crippen molar-refractivity contribution in [3.63, 3.8) is 0 Å². The second kappa shape index (κ2) is 6.47. The molecule has 0 aliphatic rings. The van der Waals surface area contributed by atoms with Gasteiger partial charge in [0, 0.05) is 16.9 Å². The molecular weight excluding hydrogens is 350 g/mol. The molecule has 1 aromatic carbocycles. The topological polar surface area (TPSA) is 40.5 Å². The fourth-order valence-electron chi connectivity index (χ4n) is 1.43. The summed E-state index contributed by atoms with van der Waals surface area (Å²) in [7, 11) is 0. The maximum atomic E-state index is 12.4. The molecule has 106 valence electrons. The van der Waals surface area contributed by atoms with Crippen molar-refractivity contribution in [3.8, 4) is 5.75 Å². The lowest BCUT2D eigenvalue weighted by atomic mass is 10.1. The van der Waals surface area contributed by atoms with E-state index in [9.17, 15) is 23.1 Å². The molecule has 3 nitrogen and oxygen atoms in total. The Labute approximate surface area is 121 Å². The second-order valence-electron chi connectivity index (χ2n) is 3.69. The summed E-state index contributed by atoms with van der Waals surface area (Å²) in [6, 6.07) is 3.63. The lowest BCUT2D eigenvalue weighted by Crippen LogP contribution is -2.40. The van der Waals surface area contributed by atoms with Crippen LogP contribution in [0.1, 0.15) is 10.4 Å². The smallest absolute Gasteiger partial charge is 0.406 e. The van der Waals surface area contributed by atoms with Crippen molar-refractivity contribution in [2.75, 3.05) is 18.4 Å². The largest absolute Gasteiger partial charge is 0.507 e. The number of phenols is 1. The van der Waals surface area contributed by atoms with E-state index in [0.29, 0.717) is 4.90 Å². The first-order valence-electron chi connectivity index (χ1n) is 5.15. The molecule has 8 heteroatoms. The SMILES string of the molecule is O=C(c1ccc(Cl)cc1O)N(CCBr)CC(F)(F)F. The summed E-state index contributed by atoms with van der Waals surface area (Å²) < 4.78 is 37.1. The van der Waals surface area contributed by atoms with Gasteiger partial charge >= 0.3 is 6.18 Å². The van der Waals surface area contributed by atoms with E-state index in [4.69, 9.17) is 11.6 Å². The number of hydrogen-bond acceptors (Lipinski definition) is 2. The zero-order chi connectivity index (χ0) is 14.6. The molecule has 0 saturated heterocycles. The first-order chi connectivity index (χ1) is 8.74. The Morgan fingerprint density at radius 2 is 2.05 bits per heavy atom. The molecule has 1 amide bonds. The third kappa shape index (κ3) is 4.91. The maximum Gasteiger partial charge on any atom is 0.406 e. The number of rotatable bonds is 4. The number of carbonyl (C=O) groups is 1. The molecule has 0 atom stereocenters. The minimum atomic E-state index is -4.50. The Morgan fingerprint density at radius 3 is 2.53 bits per heavy atom. The van der Waals surface area contributed by atoms with Crippen LogP contribution in [-0.2, 0) is 0 Å². The third-order valence-electron chi connectivity index (χ3n) is 2.20. The lowest BCUT2D eigenvalue weighted by molar-refractivity contribution is -0.140. The Kier molecular flexibility index (Phi) is 5.49. The standard InChI is InChI=1S/C11H10BrClF3NO2/c12-3-4-17(6-11(14,15)16)10(19)8-2-1-7(13)5-9(8)18/h1-2,5,18H,3-4,6H2. The fraction of sp³-hybridized carbons (Fsp3) is 0.364. The highest BCUT2D eigenvalue weighted by Gasteiger charge is 2.33. The fourth-order valence-corrected chi connectivity index (χ4v) is 2.02. The molecule has 0 aliphatic heterocycles. The number of nitrogens with zero attached hydrogens (tertiary/aromatic N) is 1. The first-order valence-corrected chi connectivity index (χ1v) is 6.65. The van der Waals surface area contributed by atoms with Crippen molar-refractivity contribution in [3.05, 3.63) is 28.8 Å². The van der Waals surface area contributed by atoms with Crippen molar-refractivity contribution in [1.29, 1.82) is 0 Å². The molecule has 0 bridgehead atoms. The van der Waals surface area contributed by atoms with E-state index in [1.54, 1.807) is 0 Å². The number of amides is 1. The predicted octanol–water partition coefficient (Wildman–Crippen LogP) is 3.45. The van der Waals surface area contributed by atoms with Crippen LogP contribution in [0.5, 0.6) is 5.75 Å². The summed E-state index contributed by atoms with van der Waals surface area (Å²) in [6.45, 7) is -1.50. The van der Waals surface area contributed by atoms with Crippen LogP contribution in [0.3, 0.4) is 0 Å². The van der Waals surface area contributed by atoms with Gasteiger partial charge in [0.25, 0.3) is 5.91 Å². The van der Waals surface area contributed by atoms with Gasteiger partial charge in [-0.1, -0.05) is 27.5 Å². The molecule has 0 spiro atoms. The van der Waals surface area contributed by atoms with Crippen molar-refractivity contribution >= 4 is 33.4 Å². The van der Waals surface area contributed by atoms with Crippen LogP contribution in [-0.4, -0.2) is 40.5 Å². The van der Waals surface area contributed by atoms with Crippen LogP contribution >= 0.6 is 27.5 Å². The summed E-state index contributed by atoms with van der Waals surface area (Å²) >= 11 is 8.58. The molecule has 1 rings (SSSR count). The molecular formula is C11H10BrClF3NO2. The Balaban J connectivity index is 2.99. The average molecular weight is 361 g/mol. The number of carbonyl (C=O) groups excluding carboxylic acids is 1. The number of hydrogen-bond donors (Lipinski definition) is 1. The molecule has 19 heavy (non-hydrogen) atoms. The Bertz CT molecular complexity index is 468. The van der Waals surface area contributed by atoms with E-state index in [1.807, 2.05) is 0 Å². The van der Waals surface area contributed by atoms with E-state index >= 15 is 0 Å². The maximum absolute atomic E-state index is 12.4. The van der Waals surface area contributed by atoms with E-state index in [-0.39, 0.29) is 22.5 Å². The predicted molar refractivity (Wildman–Crippen MR) is 68.9 cm³/mol. The minimum absolute atomic E-state index is 0.125. The Hall–Kier alpha value is -0.950. The first kappa shape index (κ1) is 16.1. The van der Waals surface area contributed by atoms with Crippen molar-refractivity contribution < 1.29 is 23.1 Å². The summed E-state index contributed by atoms with van der Waals surface area (Å²) in [4.78, 5) is 12.6. The van der Waals surface area contributed by atoms with Crippen LogP contribution in [0.15, 0.2) is 18.2 Å². The van der Waals surface area contributed by atoms with E-state index in [0.717, 1.165) is 6.07 Å². The molecule has 0 unspecified atom stereocenters. The molecule has 1 N–H and O–H groups in total. The van der Waals surface area contributed by atoms with Crippen molar-refractivity contribution in [1.82, 2.24) is 4.90 Å². The van der Waals surface area contributed by atoms with Gasteiger partial charge in [-0.2, -0.15) is 13.2 Å². The van der Waals surface area contributed by atoms with Crippen LogP contribution in [0.2, 0.25) is 5.02 Å². The van der Waals surface area contributed by atoms with E-state index < -0.39 is 24.4 Å². The van der Waals surface area contributed by atoms with Gasteiger partial charge < -0.3 is 10.0 Å². The zero-order valence-electron chi connectivity index (χ0n) is 9.55. The van der Waals surface area contributed by atoms with Gasteiger partial charge in [-0.05, 0) is 18.2 Å². The molecule has 1 aromatic rings. The molecule has 0 radical (unpaired) electrons. The second-order valence-corrected chi connectivity index (χ2v) is 4.92. The number of aromatic hydroxyl groups is 1. The third-order valence-corrected chi connectivity index (χ3v) is 2.79. The van der Waals surface area contributed by atoms with Gasteiger partial charge in [0.2, 0.25) is 0 Å². The van der Waals surface area contributed by atoms with E-state index in [2.05, 4.69) is 15.9 Å². The van der Waals surface area contributed by atoms with E-state index in [1.165, 1.54) is 12.1 Å². The van der Waals surface area contributed by atoms with Gasteiger partial charge in [0.05, 0.1) is 5.56 Å². The summed E-state index contributed by atoms with van der Waals surface area (Å²) in [5.74, 6) is -1.34. The van der Waals surface area contributed by atoms with Gasteiger partial charge in [-0.3, -0.25) is 4.79 Å². The lowest BCUT2D eigenvalue weighted by Gasteiger charge is -2.23. The molecule has 0 heterocycles. The van der Waals surface area contributed by atoms with Gasteiger partial charge in [-0.15, -0.1) is 0 Å². The van der Waals surface area contributed by atoms with Crippen LogP contribution in [0.4, 0.5) is 13.2 Å². The number of alkyl halides is 4. The van der Waals surface area contributed by atoms with Crippen molar-refractivity contribution in [2.24, 2.45) is 0 Å². The highest BCUT2D eigenvalue weighted by Crippen LogP contribution is 2.25. The van der Waals surface area contributed by atoms with Gasteiger partial charge in [0.1, 0.15) is 12.3 Å². The number of halogens is 5. The molecule has 0 saturated carbocycles. The van der Waals surface area contributed by atoms with Crippen LogP contribution in [0, 0.1) is 0 Å². The van der Waals surface area contributed by atoms with Gasteiger partial charge in [-0.25, -0.2) is 0 Å².